The molecule has 0 aliphatic heterocycles. The van der Waals surface area contributed by atoms with Crippen LogP contribution in [0.2, 0.25) is 0 Å². The van der Waals surface area contributed by atoms with Gasteiger partial charge in [-0.2, -0.15) is 0 Å². The van der Waals surface area contributed by atoms with Gasteiger partial charge in [-0.25, -0.2) is 0 Å². The molecule has 4 atom stereocenters. The lowest BCUT2D eigenvalue weighted by molar-refractivity contribution is 0.157. The summed E-state index contributed by atoms with van der Waals surface area (Å²) >= 11 is 2.44. The first-order valence-corrected chi connectivity index (χ1v) is 11.7. The smallest absolute Gasteiger partial charge is 0.0150 e. The second-order valence-electron chi connectivity index (χ2n) is 8.04. The molecule has 2 bridgehead atoms. The van der Waals surface area contributed by atoms with Crippen LogP contribution in [0.15, 0.2) is 0 Å². The molecule has 3 rings (SSSR count). The molecule has 0 unspecified atom stereocenters. The number of hydrogen-bond acceptors (Lipinski definition) is 1. The molecular formula is C17H31BPS. The van der Waals surface area contributed by atoms with E-state index in [1.165, 1.54) is 51.4 Å². The van der Waals surface area contributed by atoms with Crippen molar-refractivity contribution >= 4 is 26.9 Å². The molecular weight excluding hydrogens is 278 g/mol. The van der Waals surface area contributed by atoms with Crippen molar-refractivity contribution in [2.75, 3.05) is 6.66 Å². The lowest BCUT2D eigenvalue weighted by atomic mass is 9.71. The van der Waals surface area contributed by atoms with Crippen LogP contribution < -0.4 is 0 Å². The molecule has 3 radical (unpaired) electrons. The number of hydrogen-bond donors (Lipinski definition) is 0. The molecule has 0 aromatic carbocycles. The third-order valence-corrected chi connectivity index (χ3v) is 12.6. The fourth-order valence-corrected chi connectivity index (χ4v) is 11.0. The van der Waals surface area contributed by atoms with Crippen LogP contribution in [-0.4, -0.2) is 26.0 Å². The van der Waals surface area contributed by atoms with E-state index in [1.54, 1.807) is 0 Å². The van der Waals surface area contributed by atoms with Gasteiger partial charge in [0.05, 0.1) is 0 Å². The van der Waals surface area contributed by atoms with Crippen molar-refractivity contribution in [3.63, 3.8) is 0 Å². The van der Waals surface area contributed by atoms with E-state index >= 15 is 0 Å². The van der Waals surface area contributed by atoms with E-state index < -0.39 is 0 Å². The van der Waals surface area contributed by atoms with E-state index in [9.17, 15) is 0 Å². The molecule has 0 aromatic rings. The van der Waals surface area contributed by atoms with Gasteiger partial charge in [0.15, 0.2) is 0 Å². The van der Waals surface area contributed by atoms with E-state index in [2.05, 4.69) is 38.8 Å². The molecule has 3 aliphatic carbocycles. The third-order valence-electron chi connectivity index (χ3n) is 7.10. The Kier molecular flexibility index (Phi) is 5.29. The fraction of sp³-hybridized carbons (Fsp3) is 1.00. The highest BCUT2D eigenvalue weighted by atomic mass is 32.7. The molecule has 113 valence electrons. The van der Waals surface area contributed by atoms with Crippen molar-refractivity contribution in [3.05, 3.63) is 0 Å². The van der Waals surface area contributed by atoms with Crippen molar-refractivity contribution in [1.29, 1.82) is 0 Å². The van der Waals surface area contributed by atoms with Gasteiger partial charge in [0.1, 0.15) is 0 Å². The summed E-state index contributed by atoms with van der Waals surface area (Å²) in [5, 5.41) is 0.972. The minimum Gasteiger partial charge on any atom is -0.130 e. The number of fused-ring (bicyclic) bond motifs is 2. The van der Waals surface area contributed by atoms with Crippen LogP contribution >= 0.6 is 18.5 Å². The lowest BCUT2D eigenvalue weighted by Crippen LogP contribution is -2.33. The highest BCUT2D eigenvalue weighted by Gasteiger charge is 2.61. The van der Waals surface area contributed by atoms with Gasteiger partial charge < -0.3 is 0 Å². The normalized spacial score (nSPS) is 41.4. The van der Waals surface area contributed by atoms with Crippen molar-refractivity contribution in [3.8, 4) is 0 Å². The second kappa shape index (κ2) is 6.15. The molecule has 3 fully saturated rings. The van der Waals surface area contributed by atoms with Gasteiger partial charge in [-0.3, -0.25) is 0 Å². The fourth-order valence-electron chi connectivity index (χ4n) is 5.02. The summed E-state index contributed by atoms with van der Waals surface area (Å²) < 4.78 is 0. The summed E-state index contributed by atoms with van der Waals surface area (Å²) in [7, 11) is 0.222. The summed E-state index contributed by atoms with van der Waals surface area (Å²) in [4.78, 5) is 0. The van der Waals surface area contributed by atoms with Gasteiger partial charge in [-0.05, 0) is 68.3 Å². The van der Waals surface area contributed by atoms with Gasteiger partial charge in [0.2, 0.25) is 0 Å². The average Bonchev–Trinajstić information content (AvgIpc) is 2.73. The van der Waals surface area contributed by atoms with E-state index in [1.807, 2.05) is 0 Å². The zero-order chi connectivity index (χ0) is 13.7. The Morgan fingerprint density at radius 2 is 1.65 bits per heavy atom. The predicted octanol–water partition coefficient (Wildman–Crippen LogP) is 5.91. The zero-order valence-electron chi connectivity index (χ0n) is 13.8. The molecule has 0 amide bonds. The van der Waals surface area contributed by atoms with Crippen LogP contribution in [0.3, 0.4) is 0 Å². The Balaban J connectivity index is 0.00000147. The molecule has 3 heteroatoms. The summed E-state index contributed by atoms with van der Waals surface area (Å²) in [6.45, 7) is 10.3. The third kappa shape index (κ3) is 2.62. The van der Waals surface area contributed by atoms with Crippen LogP contribution in [0, 0.1) is 16.7 Å². The van der Waals surface area contributed by atoms with Crippen molar-refractivity contribution in [2.45, 2.75) is 83.0 Å². The average molecular weight is 309 g/mol. The van der Waals surface area contributed by atoms with Gasteiger partial charge in [-0.1, -0.05) is 40.0 Å². The predicted molar refractivity (Wildman–Crippen MR) is 96.1 cm³/mol. The van der Waals surface area contributed by atoms with E-state index in [0.29, 0.717) is 10.8 Å². The molecule has 0 spiro atoms. The first-order valence-electron chi connectivity index (χ1n) is 8.35. The Morgan fingerprint density at radius 3 is 2.15 bits per heavy atom. The van der Waals surface area contributed by atoms with Crippen LogP contribution in [0.1, 0.15) is 72.1 Å². The quantitative estimate of drug-likeness (QED) is 0.461. The Morgan fingerprint density at radius 1 is 1.00 bits per heavy atom. The molecule has 0 saturated heterocycles. The maximum Gasteiger partial charge on any atom is 0.0150 e. The molecule has 0 N–H and O–H groups in total. The van der Waals surface area contributed by atoms with Crippen LogP contribution in [0.25, 0.3) is 0 Å². The van der Waals surface area contributed by atoms with Crippen LogP contribution in [-0.2, 0) is 0 Å². The Labute approximate surface area is 133 Å². The molecule has 20 heavy (non-hydrogen) atoms. The minimum absolute atomic E-state index is 0. The monoisotopic (exact) mass is 309 g/mol. The summed E-state index contributed by atoms with van der Waals surface area (Å²) in [5.74, 6) is 1.02. The highest BCUT2D eigenvalue weighted by Crippen LogP contribution is 2.72. The molecule has 0 nitrogen and oxygen atoms in total. The molecule has 3 aliphatic rings. The summed E-state index contributed by atoms with van der Waals surface area (Å²) in [5.41, 5.74) is 2.32. The second-order valence-corrected chi connectivity index (χ2v) is 13.0. The topological polar surface area (TPSA) is 0 Å². The Bertz CT molecular complexity index is 340. The van der Waals surface area contributed by atoms with Crippen molar-refractivity contribution < 1.29 is 0 Å². The molecule has 0 heterocycles. The lowest BCUT2D eigenvalue weighted by Gasteiger charge is -2.41. The van der Waals surface area contributed by atoms with Crippen LogP contribution in [0.5, 0.6) is 0 Å². The van der Waals surface area contributed by atoms with E-state index in [4.69, 9.17) is 0 Å². The SMILES string of the molecule is C[P@](S[C@@H]1C[C@H]2CC[C@]1(C)C2(C)C)C1CCCCC1.[B]. The first-order chi connectivity index (χ1) is 8.95. The standard InChI is InChI=1S/C17H31PS.B/c1-16(2)13-10-11-17(16,3)15(12-13)19-18(4)14-8-6-5-7-9-14;/h13-15H,5-12H2,1-4H3;/t13-,15-,17+,18+;/m1./s1. The maximum atomic E-state index is 2.61. The van der Waals surface area contributed by atoms with E-state index in [0.717, 1.165) is 16.8 Å². The van der Waals surface area contributed by atoms with Crippen molar-refractivity contribution in [1.82, 2.24) is 0 Å². The summed E-state index contributed by atoms with van der Waals surface area (Å²) in [6.07, 6.45) is 12.1. The van der Waals surface area contributed by atoms with Crippen LogP contribution in [0.4, 0.5) is 0 Å². The van der Waals surface area contributed by atoms with Gasteiger partial charge in [0, 0.05) is 13.7 Å². The number of rotatable bonds is 3. The molecule has 3 saturated carbocycles. The molecule has 0 aromatic heterocycles. The maximum absolute atomic E-state index is 2.61. The zero-order valence-corrected chi connectivity index (χ0v) is 15.5. The Hall–Kier alpha value is 0.845. The highest BCUT2D eigenvalue weighted by molar-refractivity contribution is 8.56. The largest absolute Gasteiger partial charge is 0.130 e. The van der Waals surface area contributed by atoms with Gasteiger partial charge in [-0.15, -0.1) is 11.4 Å². The van der Waals surface area contributed by atoms with Crippen molar-refractivity contribution in [2.24, 2.45) is 16.7 Å². The van der Waals surface area contributed by atoms with E-state index in [-0.39, 0.29) is 15.5 Å². The summed E-state index contributed by atoms with van der Waals surface area (Å²) in [6, 6.07) is 0. The first kappa shape index (κ1) is 17.2. The minimum atomic E-state index is 0. The van der Waals surface area contributed by atoms with Gasteiger partial charge in [0.25, 0.3) is 0 Å². The van der Waals surface area contributed by atoms with Gasteiger partial charge >= 0.3 is 0 Å².